The SMILES string of the molecule is CC1CCC(CN)(N2CCC3CCCCC3C2)C1. The molecule has 1 heterocycles. The van der Waals surface area contributed by atoms with Gasteiger partial charge in [-0.1, -0.05) is 26.2 Å². The first kappa shape index (κ1) is 12.9. The Morgan fingerprint density at radius 3 is 2.56 bits per heavy atom. The second-order valence-electron chi connectivity index (χ2n) is 7.32. The third-order valence-electron chi connectivity index (χ3n) is 6.17. The second kappa shape index (κ2) is 5.13. The van der Waals surface area contributed by atoms with Crippen LogP contribution in [0, 0.1) is 17.8 Å². The predicted molar refractivity (Wildman–Crippen MR) is 76.4 cm³/mol. The van der Waals surface area contributed by atoms with Crippen molar-refractivity contribution in [1.29, 1.82) is 0 Å². The molecule has 2 heteroatoms. The first-order chi connectivity index (χ1) is 8.73. The van der Waals surface area contributed by atoms with E-state index in [1.165, 1.54) is 64.5 Å². The third kappa shape index (κ3) is 2.22. The maximum atomic E-state index is 6.19. The zero-order chi connectivity index (χ0) is 12.6. The summed E-state index contributed by atoms with van der Waals surface area (Å²) in [5.74, 6) is 2.92. The topological polar surface area (TPSA) is 29.3 Å². The summed E-state index contributed by atoms with van der Waals surface area (Å²) < 4.78 is 0. The molecule has 0 radical (unpaired) electrons. The van der Waals surface area contributed by atoms with Crippen LogP contribution >= 0.6 is 0 Å². The van der Waals surface area contributed by atoms with Crippen LogP contribution < -0.4 is 5.73 Å². The molecule has 3 aliphatic rings. The van der Waals surface area contributed by atoms with E-state index in [4.69, 9.17) is 5.73 Å². The first-order valence-corrected chi connectivity index (χ1v) is 8.19. The molecule has 3 fully saturated rings. The normalized spacial score (nSPS) is 46.0. The standard InChI is InChI=1S/C16H30N2/c1-13-6-8-16(10-13,12-17)18-9-7-14-4-2-3-5-15(14)11-18/h13-15H,2-12,17H2,1H3. The molecule has 0 bridgehead atoms. The van der Waals surface area contributed by atoms with Gasteiger partial charge in [0.1, 0.15) is 0 Å². The van der Waals surface area contributed by atoms with E-state index in [-0.39, 0.29) is 0 Å². The molecule has 4 atom stereocenters. The Labute approximate surface area is 112 Å². The second-order valence-corrected chi connectivity index (χ2v) is 7.32. The summed E-state index contributed by atoms with van der Waals surface area (Å²) >= 11 is 0. The van der Waals surface area contributed by atoms with Gasteiger partial charge in [0.05, 0.1) is 0 Å². The summed E-state index contributed by atoms with van der Waals surface area (Å²) in [5, 5.41) is 0. The highest BCUT2D eigenvalue weighted by atomic mass is 15.2. The van der Waals surface area contributed by atoms with Crippen LogP contribution in [0.1, 0.15) is 58.3 Å². The van der Waals surface area contributed by atoms with E-state index in [1.54, 1.807) is 0 Å². The molecule has 2 N–H and O–H groups in total. The van der Waals surface area contributed by atoms with Crippen LogP contribution in [0.2, 0.25) is 0 Å². The Morgan fingerprint density at radius 1 is 1.11 bits per heavy atom. The van der Waals surface area contributed by atoms with Crippen LogP contribution in [0.4, 0.5) is 0 Å². The maximum Gasteiger partial charge on any atom is 0.0334 e. The van der Waals surface area contributed by atoms with E-state index in [0.717, 1.165) is 24.3 Å². The Bertz CT molecular complexity index is 291. The number of hydrogen-bond donors (Lipinski definition) is 1. The smallest absolute Gasteiger partial charge is 0.0334 e. The van der Waals surface area contributed by atoms with E-state index >= 15 is 0 Å². The lowest BCUT2D eigenvalue weighted by molar-refractivity contribution is 0.00851. The van der Waals surface area contributed by atoms with E-state index in [9.17, 15) is 0 Å². The van der Waals surface area contributed by atoms with Gasteiger partial charge in [-0.05, 0) is 56.4 Å². The molecule has 1 aliphatic heterocycles. The molecule has 3 rings (SSSR count). The van der Waals surface area contributed by atoms with Crippen LogP contribution in [-0.4, -0.2) is 30.1 Å². The highest BCUT2D eigenvalue weighted by molar-refractivity contribution is 5.00. The van der Waals surface area contributed by atoms with Crippen LogP contribution in [0.25, 0.3) is 0 Å². The predicted octanol–water partition coefficient (Wildman–Crippen LogP) is 3.02. The number of nitrogens with two attached hydrogens (primary N) is 1. The quantitative estimate of drug-likeness (QED) is 0.816. The Hall–Kier alpha value is -0.0800. The molecule has 18 heavy (non-hydrogen) atoms. The van der Waals surface area contributed by atoms with Crippen LogP contribution in [0.3, 0.4) is 0 Å². The summed E-state index contributed by atoms with van der Waals surface area (Å²) in [6.45, 7) is 5.97. The van der Waals surface area contributed by atoms with Crippen molar-refractivity contribution in [2.75, 3.05) is 19.6 Å². The average Bonchev–Trinajstić information content (AvgIpc) is 2.81. The van der Waals surface area contributed by atoms with Crippen molar-refractivity contribution in [2.45, 2.75) is 63.8 Å². The third-order valence-corrected chi connectivity index (χ3v) is 6.17. The monoisotopic (exact) mass is 250 g/mol. The molecular weight excluding hydrogens is 220 g/mol. The molecule has 1 saturated heterocycles. The van der Waals surface area contributed by atoms with Crippen molar-refractivity contribution < 1.29 is 0 Å². The fraction of sp³-hybridized carbons (Fsp3) is 1.00. The van der Waals surface area contributed by atoms with E-state index in [2.05, 4.69) is 11.8 Å². The van der Waals surface area contributed by atoms with Gasteiger partial charge < -0.3 is 5.73 Å². The summed E-state index contributed by atoms with van der Waals surface area (Å²) in [7, 11) is 0. The summed E-state index contributed by atoms with van der Waals surface area (Å²) in [5.41, 5.74) is 6.57. The van der Waals surface area contributed by atoms with Gasteiger partial charge in [0, 0.05) is 18.6 Å². The minimum atomic E-state index is 0.377. The number of hydrogen-bond acceptors (Lipinski definition) is 2. The summed E-state index contributed by atoms with van der Waals surface area (Å²) in [6, 6.07) is 0. The number of nitrogens with zero attached hydrogens (tertiary/aromatic N) is 1. The Kier molecular flexibility index (Phi) is 3.68. The average molecular weight is 250 g/mol. The number of fused-ring (bicyclic) bond motifs is 1. The Balaban J connectivity index is 1.69. The number of rotatable bonds is 2. The van der Waals surface area contributed by atoms with Crippen LogP contribution in [-0.2, 0) is 0 Å². The van der Waals surface area contributed by atoms with E-state index in [0.29, 0.717) is 5.54 Å². The van der Waals surface area contributed by atoms with Crippen molar-refractivity contribution in [2.24, 2.45) is 23.5 Å². The van der Waals surface area contributed by atoms with E-state index < -0.39 is 0 Å². The van der Waals surface area contributed by atoms with Gasteiger partial charge in [-0.25, -0.2) is 0 Å². The Morgan fingerprint density at radius 2 is 1.89 bits per heavy atom. The summed E-state index contributed by atoms with van der Waals surface area (Å²) in [6.07, 6.45) is 11.5. The summed E-state index contributed by atoms with van der Waals surface area (Å²) in [4.78, 5) is 2.81. The van der Waals surface area contributed by atoms with Gasteiger partial charge in [0.2, 0.25) is 0 Å². The van der Waals surface area contributed by atoms with Crippen LogP contribution in [0.15, 0.2) is 0 Å². The molecular formula is C16H30N2. The van der Waals surface area contributed by atoms with Crippen molar-refractivity contribution in [1.82, 2.24) is 4.90 Å². The lowest BCUT2D eigenvalue weighted by Crippen LogP contribution is -2.57. The molecule has 0 aromatic heterocycles. The minimum absolute atomic E-state index is 0.377. The number of piperidine rings is 1. The fourth-order valence-electron chi connectivity index (χ4n) is 5.00. The molecule has 104 valence electrons. The van der Waals surface area contributed by atoms with Gasteiger partial charge >= 0.3 is 0 Å². The fourth-order valence-corrected chi connectivity index (χ4v) is 5.00. The maximum absolute atomic E-state index is 6.19. The van der Waals surface area contributed by atoms with Crippen molar-refractivity contribution >= 4 is 0 Å². The minimum Gasteiger partial charge on any atom is -0.329 e. The molecule has 0 amide bonds. The first-order valence-electron chi connectivity index (χ1n) is 8.19. The molecule has 2 saturated carbocycles. The van der Waals surface area contributed by atoms with Gasteiger partial charge in [-0.3, -0.25) is 4.90 Å². The van der Waals surface area contributed by atoms with E-state index in [1.807, 2.05) is 0 Å². The largest absolute Gasteiger partial charge is 0.329 e. The van der Waals surface area contributed by atoms with Gasteiger partial charge in [0.25, 0.3) is 0 Å². The molecule has 0 spiro atoms. The highest BCUT2D eigenvalue weighted by Crippen LogP contribution is 2.43. The van der Waals surface area contributed by atoms with Crippen molar-refractivity contribution in [3.63, 3.8) is 0 Å². The molecule has 4 unspecified atom stereocenters. The lowest BCUT2D eigenvalue weighted by atomic mass is 9.73. The lowest BCUT2D eigenvalue weighted by Gasteiger charge is -2.49. The van der Waals surface area contributed by atoms with Gasteiger partial charge in [-0.15, -0.1) is 0 Å². The van der Waals surface area contributed by atoms with Gasteiger partial charge in [0.15, 0.2) is 0 Å². The highest BCUT2D eigenvalue weighted by Gasteiger charge is 2.44. The van der Waals surface area contributed by atoms with Crippen molar-refractivity contribution in [3.05, 3.63) is 0 Å². The zero-order valence-corrected chi connectivity index (χ0v) is 12.0. The number of likely N-dealkylation sites (tertiary alicyclic amines) is 1. The molecule has 0 aromatic carbocycles. The van der Waals surface area contributed by atoms with Gasteiger partial charge in [-0.2, -0.15) is 0 Å². The molecule has 0 aromatic rings. The van der Waals surface area contributed by atoms with Crippen LogP contribution in [0.5, 0.6) is 0 Å². The molecule has 2 aliphatic carbocycles. The zero-order valence-electron chi connectivity index (χ0n) is 12.0. The molecule has 2 nitrogen and oxygen atoms in total. The van der Waals surface area contributed by atoms with Crippen molar-refractivity contribution in [3.8, 4) is 0 Å².